The maximum absolute atomic E-state index is 11.1. The van der Waals surface area contributed by atoms with Gasteiger partial charge in [-0.3, -0.25) is 9.59 Å². The number of carbonyl (C=O) groups excluding carboxylic acids is 2. The maximum atomic E-state index is 11.1. The number of nitrogens with one attached hydrogen (secondary N) is 1. The normalized spacial score (nSPS) is 11.9. The molecule has 0 aliphatic carbocycles. The number of amides is 2. The molecule has 0 spiro atoms. The summed E-state index contributed by atoms with van der Waals surface area (Å²) in [6.45, 7) is 3.36. The van der Waals surface area contributed by atoms with Crippen LogP contribution in [0.25, 0.3) is 0 Å². The summed E-state index contributed by atoms with van der Waals surface area (Å²) < 4.78 is 0. The fourth-order valence-corrected chi connectivity index (χ4v) is 1.43. The summed E-state index contributed by atoms with van der Waals surface area (Å²) in [4.78, 5) is 22.0. The Morgan fingerprint density at radius 1 is 1.38 bits per heavy atom. The van der Waals surface area contributed by atoms with Crippen LogP contribution in [0.5, 0.6) is 0 Å². The van der Waals surface area contributed by atoms with Crippen LogP contribution in [0.15, 0.2) is 24.3 Å². The lowest BCUT2D eigenvalue weighted by atomic mass is 10.0. The Morgan fingerprint density at radius 3 is 2.38 bits per heavy atom. The van der Waals surface area contributed by atoms with Gasteiger partial charge in [0.25, 0.3) is 0 Å². The fraction of sp³-hybridized carbons (Fsp3) is 0.333. The van der Waals surface area contributed by atoms with Gasteiger partial charge in [0.2, 0.25) is 11.8 Å². The zero-order valence-electron chi connectivity index (χ0n) is 9.49. The van der Waals surface area contributed by atoms with Gasteiger partial charge < -0.3 is 11.1 Å². The highest BCUT2D eigenvalue weighted by Crippen LogP contribution is 2.06. The van der Waals surface area contributed by atoms with E-state index in [4.69, 9.17) is 5.73 Å². The lowest BCUT2D eigenvalue weighted by molar-refractivity contribution is -0.126. The summed E-state index contributed by atoms with van der Waals surface area (Å²) in [5.74, 6) is -0.772. The highest BCUT2D eigenvalue weighted by molar-refractivity contribution is 5.85. The third kappa shape index (κ3) is 3.73. The first kappa shape index (κ1) is 12.2. The second-order valence-electron chi connectivity index (χ2n) is 3.85. The lowest BCUT2D eigenvalue weighted by Gasteiger charge is -2.14. The molecule has 0 aromatic heterocycles. The Balaban J connectivity index is 0. The third-order valence-corrected chi connectivity index (χ3v) is 2.28. The summed E-state index contributed by atoms with van der Waals surface area (Å²) in [6.07, 6.45) is 0.426. The zero-order chi connectivity index (χ0) is 12.1. The van der Waals surface area contributed by atoms with E-state index in [9.17, 15) is 9.59 Å². The summed E-state index contributed by atoms with van der Waals surface area (Å²) in [7, 11) is 0. The minimum absolute atomic E-state index is 0. The smallest absolute Gasteiger partial charge is 0.240 e. The first-order chi connectivity index (χ1) is 7.49. The van der Waals surface area contributed by atoms with Crippen molar-refractivity contribution < 1.29 is 12.4 Å². The Bertz CT molecular complexity index is 394. The Kier molecular flexibility index (Phi) is 4.05. The molecular weight excluding hydrogens is 204 g/mol. The molecule has 0 saturated carbocycles. The minimum Gasteiger partial charge on any atom is -0.368 e. The Labute approximate surface area is 97.8 Å². The van der Waals surface area contributed by atoms with Crippen molar-refractivity contribution >= 4 is 11.8 Å². The molecule has 4 nitrogen and oxygen atoms in total. The lowest BCUT2D eigenvalue weighted by Crippen LogP contribution is -2.44. The zero-order valence-corrected chi connectivity index (χ0v) is 9.49. The summed E-state index contributed by atoms with van der Waals surface area (Å²) in [5.41, 5.74) is 7.34. The number of carbonyl (C=O) groups is 2. The van der Waals surface area contributed by atoms with Gasteiger partial charge in [-0.25, -0.2) is 0 Å². The first-order valence-corrected chi connectivity index (χ1v) is 5.11. The molecule has 3 N–H and O–H groups in total. The van der Waals surface area contributed by atoms with Gasteiger partial charge in [-0.1, -0.05) is 29.8 Å². The highest BCUT2D eigenvalue weighted by Gasteiger charge is 2.16. The van der Waals surface area contributed by atoms with Crippen LogP contribution in [-0.4, -0.2) is 17.9 Å². The number of rotatable bonds is 4. The predicted octanol–water partition coefficient (Wildman–Crippen LogP) is 1.02. The van der Waals surface area contributed by atoms with E-state index in [1.54, 1.807) is 0 Å². The van der Waals surface area contributed by atoms with Crippen LogP contribution in [0.2, 0.25) is 0 Å². The van der Waals surface area contributed by atoms with Crippen molar-refractivity contribution in [3.8, 4) is 0 Å². The SMILES string of the molecule is CC(=O)N[C@H](Cc1ccc(C)cc1)C(N)=O.[HH].[HH]. The molecule has 0 bridgehead atoms. The number of hydrogen-bond donors (Lipinski definition) is 2. The second kappa shape index (κ2) is 5.30. The van der Waals surface area contributed by atoms with E-state index < -0.39 is 11.9 Å². The predicted molar refractivity (Wildman–Crippen MR) is 65.9 cm³/mol. The summed E-state index contributed by atoms with van der Waals surface area (Å²) >= 11 is 0. The average Bonchev–Trinajstić information content (AvgIpc) is 2.19. The monoisotopic (exact) mass is 224 g/mol. The van der Waals surface area contributed by atoms with Crippen LogP contribution in [0.3, 0.4) is 0 Å². The molecule has 16 heavy (non-hydrogen) atoms. The average molecular weight is 224 g/mol. The number of benzene rings is 1. The Hall–Kier alpha value is -1.84. The van der Waals surface area contributed by atoms with Crippen molar-refractivity contribution in [3.63, 3.8) is 0 Å². The number of aryl methyl sites for hydroxylation is 1. The number of nitrogens with two attached hydrogens (primary N) is 1. The topological polar surface area (TPSA) is 72.2 Å². The molecule has 0 aliphatic heterocycles. The molecule has 0 unspecified atom stereocenters. The fourth-order valence-electron chi connectivity index (χ4n) is 1.43. The van der Waals surface area contributed by atoms with Crippen molar-refractivity contribution in [2.45, 2.75) is 26.3 Å². The quantitative estimate of drug-likeness (QED) is 0.801. The van der Waals surface area contributed by atoms with E-state index in [0.717, 1.165) is 11.1 Å². The summed E-state index contributed by atoms with van der Waals surface area (Å²) in [5, 5.41) is 2.53. The molecule has 0 aliphatic rings. The molecule has 0 radical (unpaired) electrons. The molecule has 0 saturated heterocycles. The molecule has 1 atom stereocenters. The van der Waals surface area contributed by atoms with E-state index in [0.29, 0.717) is 6.42 Å². The van der Waals surface area contributed by atoms with Crippen molar-refractivity contribution in [2.75, 3.05) is 0 Å². The van der Waals surface area contributed by atoms with Crippen molar-refractivity contribution in [1.82, 2.24) is 5.32 Å². The van der Waals surface area contributed by atoms with Crippen molar-refractivity contribution in [1.29, 1.82) is 0 Å². The first-order valence-electron chi connectivity index (χ1n) is 5.11. The van der Waals surface area contributed by atoms with Gasteiger partial charge in [0.15, 0.2) is 0 Å². The van der Waals surface area contributed by atoms with E-state index >= 15 is 0 Å². The van der Waals surface area contributed by atoms with Gasteiger partial charge in [-0.05, 0) is 12.5 Å². The van der Waals surface area contributed by atoms with Gasteiger partial charge in [-0.15, -0.1) is 0 Å². The number of primary amides is 1. The van der Waals surface area contributed by atoms with Gasteiger partial charge in [0.05, 0.1) is 0 Å². The van der Waals surface area contributed by atoms with Gasteiger partial charge in [0.1, 0.15) is 6.04 Å². The van der Waals surface area contributed by atoms with Crippen LogP contribution < -0.4 is 11.1 Å². The van der Waals surface area contributed by atoms with Crippen LogP contribution in [-0.2, 0) is 16.0 Å². The van der Waals surface area contributed by atoms with Crippen LogP contribution >= 0.6 is 0 Å². The minimum atomic E-state index is -0.639. The molecule has 0 fully saturated rings. The van der Waals surface area contributed by atoms with E-state index in [1.807, 2.05) is 31.2 Å². The molecule has 0 heterocycles. The second-order valence-corrected chi connectivity index (χ2v) is 3.85. The summed E-state index contributed by atoms with van der Waals surface area (Å²) in [6, 6.07) is 7.13. The molecule has 1 aromatic rings. The molecule has 90 valence electrons. The van der Waals surface area contributed by atoms with Gasteiger partial charge >= 0.3 is 0 Å². The largest absolute Gasteiger partial charge is 0.368 e. The van der Waals surface area contributed by atoms with E-state index in [-0.39, 0.29) is 8.76 Å². The van der Waals surface area contributed by atoms with Crippen LogP contribution in [0.4, 0.5) is 0 Å². The molecule has 1 aromatic carbocycles. The van der Waals surface area contributed by atoms with Crippen molar-refractivity contribution in [3.05, 3.63) is 35.4 Å². The van der Waals surface area contributed by atoms with Crippen molar-refractivity contribution in [2.24, 2.45) is 5.73 Å². The Morgan fingerprint density at radius 2 is 1.94 bits per heavy atom. The van der Waals surface area contributed by atoms with Crippen LogP contribution in [0.1, 0.15) is 20.9 Å². The van der Waals surface area contributed by atoms with Gasteiger partial charge in [0, 0.05) is 16.2 Å². The van der Waals surface area contributed by atoms with E-state index in [2.05, 4.69) is 5.32 Å². The third-order valence-electron chi connectivity index (χ3n) is 2.28. The number of hydrogen-bond acceptors (Lipinski definition) is 2. The highest BCUT2D eigenvalue weighted by atomic mass is 16.2. The molecule has 4 heteroatoms. The van der Waals surface area contributed by atoms with E-state index in [1.165, 1.54) is 6.92 Å². The molecule has 2 amide bonds. The van der Waals surface area contributed by atoms with Crippen LogP contribution in [0, 0.1) is 6.92 Å². The molecule has 1 rings (SSSR count). The standard InChI is InChI=1S/C12H16N2O2.2H2/c1-8-3-5-10(6-4-8)7-11(12(13)16)14-9(2)15;;/h3-6,11H,7H2,1-2H3,(H2,13,16)(H,14,15);2*1H/t11-;;/m1../s1. The van der Waals surface area contributed by atoms with Gasteiger partial charge in [-0.2, -0.15) is 0 Å². The molecular formula is C12H20N2O2. The maximum Gasteiger partial charge on any atom is 0.240 e.